The van der Waals surface area contributed by atoms with Crippen LogP contribution in [0.3, 0.4) is 0 Å². The van der Waals surface area contributed by atoms with Gasteiger partial charge in [0, 0.05) is 18.5 Å². The van der Waals surface area contributed by atoms with Crippen molar-refractivity contribution >= 4 is 35.8 Å². The molecule has 1 atom stereocenters. The van der Waals surface area contributed by atoms with E-state index in [4.69, 9.17) is 5.73 Å². The van der Waals surface area contributed by atoms with Crippen LogP contribution in [-0.2, 0) is 14.4 Å². The normalized spacial score (nSPS) is 17.2. The van der Waals surface area contributed by atoms with Gasteiger partial charge >= 0.3 is 0 Å². The molecule has 0 spiro atoms. The van der Waals surface area contributed by atoms with E-state index in [-0.39, 0.29) is 36.0 Å². The minimum atomic E-state index is -0.299. The van der Waals surface area contributed by atoms with Gasteiger partial charge < -0.3 is 11.1 Å². The molecule has 6 nitrogen and oxygen atoms in total. The van der Waals surface area contributed by atoms with E-state index in [1.807, 2.05) is 12.1 Å². The van der Waals surface area contributed by atoms with E-state index in [1.54, 1.807) is 12.1 Å². The monoisotopic (exact) mass is 339 g/mol. The Kier molecular flexibility index (Phi) is 7.71. The summed E-state index contributed by atoms with van der Waals surface area (Å²) in [5.74, 6) is -0.813. The maximum Gasteiger partial charge on any atom is 0.234 e. The van der Waals surface area contributed by atoms with Gasteiger partial charge in [0.05, 0.1) is 5.92 Å². The average molecular weight is 340 g/mol. The first-order chi connectivity index (χ1) is 10.6. The lowest BCUT2D eigenvalue weighted by atomic mass is 9.90. The third-order valence-electron chi connectivity index (χ3n) is 3.69. The quantitative estimate of drug-likeness (QED) is 0.542. The minimum Gasteiger partial charge on any atom is -0.330 e. The number of halogens is 1. The molecule has 1 fully saturated rings. The Bertz CT molecular complexity index is 560. The predicted octanol–water partition coefficient (Wildman–Crippen LogP) is 1.70. The van der Waals surface area contributed by atoms with E-state index in [2.05, 4.69) is 10.6 Å². The number of rotatable bonds is 6. The molecule has 1 aliphatic rings. The van der Waals surface area contributed by atoms with Crippen molar-refractivity contribution in [2.75, 3.05) is 11.9 Å². The third kappa shape index (κ3) is 5.65. The van der Waals surface area contributed by atoms with Crippen molar-refractivity contribution in [2.24, 2.45) is 5.73 Å². The van der Waals surface area contributed by atoms with Crippen LogP contribution in [0.4, 0.5) is 5.69 Å². The second-order valence-corrected chi connectivity index (χ2v) is 5.42. The van der Waals surface area contributed by atoms with Gasteiger partial charge in [0.15, 0.2) is 0 Å². The molecule has 0 saturated carbocycles. The lowest BCUT2D eigenvalue weighted by Crippen LogP contribution is -2.39. The standard InChI is InChI=1S/C16H21N3O3.ClH/c17-10-2-1-3-14(20)18-12-6-4-11(5-7-12)13-8-9-15(21)19-16(13)22;/h4-7,13H,1-3,8-10,17H2,(H,18,20)(H,19,21,22);1H. The van der Waals surface area contributed by atoms with Crippen LogP contribution in [-0.4, -0.2) is 24.3 Å². The summed E-state index contributed by atoms with van der Waals surface area (Å²) in [6.07, 6.45) is 2.94. The van der Waals surface area contributed by atoms with Crippen molar-refractivity contribution in [3.05, 3.63) is 29.8 Å². The molecular formula is C16H22ClN3O3. The van der Waals surface area contributed by atoms with Crippen molar-refractivity contribution in [1.29, 1.82) is 0 Å². The fourth-order valence-corrected chi connectivity index (χ4v) is 2.46. The fourth-order valence-electron chi connectivity index (χ4n) is 2.46. The number of piperidine rings is 1. The van der Waals surface area contributed by atoms with E-state index in [0.29, 0.717) is 31.5 Å². The van der Waals surface area contributed by atoms with Crippen LogP contribution in [0.5, 0.6) is 0 Å². The Morgan fingerprint density at radius 3 is 2.52 bits per heavy atom. The topological polar surface area (TPSA) is 101 Å². The van der Waals surface area contributed by atoms with Gasteiger partial charge in [0.25, 0.3) is 0 Å². The van der Waals surface area contributed by atoms with Crippen LogP contribution in [0.25, 0.3) is 0 Å². The summed E-state index contributed by atoms with van der Waals surface area (Å²) in [4.78, 5) is 34.7. The van der Waals surface area contributed by atoms with Crippen molar-refractivity contribution in [3.63, 3.8) is 0 Å². The van der Waals surface area contributed by atoms with Gasteiger partial charge in [-0.3, -0.25) is 19.7 Å². The highest BCUT2D eigenvalue weighted by molar-refractivity contribution is 6.01. The lowest BCUT2D eigenvalue weighted by Gasteiger charge is -2.21. The second kappa shape index (κ2) is 9.27. The third-order valence-corrected chi connectivity index (χ3v) is 3.69. The zero-order valence-corrected chi connectivity index (χ0v) is 13.7. The number of benzene rings is 1. The number of anilines is 1. The Morgan fingerprint density at radius 1 is 1.22 bits per heavy atom. The highest BCUT2D eigenvalue weighted by Crippen LogP contribution is 2.25. The first-order valence-electron chi connectivity index (χ1n) is 7.53. The molecule has 1 unspecified atom stereocenters. The maximum atomic E-state index is 11.8. The molecule has 0 aromatic heterocycles. The molecule has 1 aliphatic heterocycles. The number of imide groups is 1. The number of hydrogen-bond acceptors (Lipinski definition) is 4. The molecule has 7 heteroatoms. The number of nitrogens with one attached hydrogen (secondary N) is 2. The number of hydrogen-bond donors (Lipinski definition) is 3. The SMILES string of the molecule is Cl.NCCCCC(=O)Nc1ccc(C2CCC(=O)NC2=O)cc1. The molecule has 4 N–H and O–H groups in total. The van der Waals surface area contributed by atoms with E-state index < -0.39 is 0 Å². The number of amides is 3. The molecule has 0 radical (unpaired) electrons. The summed E-state index contributed by atoms with van der Waals surface area (Å²) in [6, 6.07) is 7.19. The smallest absolute Gasteiger partial charge is 0.234 e. The Labute approximate surface area is 141 Å². The van der Waals surface area contributed by atoms with Gasteiger partial charge in [-0.1, -0.05) is 12.1 Å². The molecule has 1 heterocycles. The number of nitrogens with two attached hydrogens (primary N) is 1. The summed E-state index contributed by atoms with van der Waals surface area (Å²) < 4.78 is 0. The highest BCUT2D eigenvalue weighted by atomic mass is 35.5. The van der Waals surface area contributed by atoms with Gasteiger partial charge in [-0.25, -0.2) is 0 Å². The van der Waals surface area contributed by atoms with E-state index in [9.17, 15) is 14.4 Å². The summed E-state index contributed by atoms with van der Waals surface area (Å²) in [7, 11) is 0. The molecular weight excluding hydrogens is 318 g/mol. The largest absolute Gasteiger partial charge is 0.330 e. The van der Waals surface area contributed by atoms with Crippen LogP contribution < -0.4 is 16.4 Å². The molecule has 23 heavy (non-hydrogen) atoms. The first kappa shape index (κ1) is 19.1. The zero-order chi connectivity index (χ0) is 15.9. The predicted molar refractivity (Wildman–Crippen MR) is 90.3 cm³/mol. The summed E-state index contributed by atoms with van der Waals surface area (Å²) >= 11 is 0. The number of unbranched alkanes of at least 4 members (excludes halogenated alkanes) is 1. The minimum absolute atomic E-state index is 0. The zero-order valence-electron chi connectivity index (χ0n) is 12.8. The summed E-state index contributed by atoms with van der Waals surface area (Å²) in [5.41, 5.74) is 6.94. The van der Waals surface area contributed by atoms with E-state index in [1.165, 1.54) is 0 Å². The molecule has 1 saturated heterocycles. The van der Waals surface area contributed by atoms with Gasteiger partial charge in [-0.05, 0) is 43.5 Å². The van der Waals surface area contributed by atoms with E-state index >= 15 is 0 Å². The Morgan fingerprint density at radius 2 is 1.91 bits per heavy atom. The molecule has 3 amide bonds. The fraction of sp³-hybridized carbons (Fsp3) is 0.438. The van der Waals surface area contributed by atoms with Crippen molar-refractivity contribution < 1.29 is 14.4 Å². The van der Waals surface area contributed by atoms with Gasteiger partial charge in [-0.2, -0.15) is 0 Å². The molecule has 126 valence electrons. The van der Waals surface area contributed by atoms with Gasteiger partial charge in [0.1, 0.15) is 0 Å². The van der Waals surface area contributed by atoms with Crippen molar-refractivity contribution in [3.8, 4) is 0 Å². The van der Waals surface area contributed by atoms with Crippen LogP contribution in [0.2, 0.25) is 0 Å². The lowest BCUT2D eigenvalue weighted by molar-refractivity contribution is -0.134. The Balaban J connectivity index is 0.00000264. The molecule has 1 aromatic rings. The van der Waals surface area contributed by atoms with Crippen LogP contribution in [0.15, 0.2) is 24.3 Å². The average Bonchev–Trinajstić information content (AvgIpc) is 2.49. The molecule has 1 aromatic carbocycles. The van der Waals surface area contributed by atoms with Crippen molar-refractivity contribution in [1.82, 2.24) is 5.32 Å². The van der Waals surface area contributed by atoms with Crippen LogP contribution >= 0.6 is 12.4 Å². The molecule has 0 bridgehead atoms. The number of carbonyl (C=O) groups is 3. The van der Waals surface area contributed by atoms with E-state index in [0.717, 1.165) is 18.4 Å². The Hall–Kier alpha value is -1.92. The van der Waals surface area contributed by atoms with Crippen molar-refractivity contribution in [2.45, 2.75) is 38.0 Å². The molecule has 0 aliphatic carbocycles. The number of carbonyl (C=O) groups excluding carboxylic acids is 3. The summed E-state index contributed by atoms with van der Waals surface area (Å²) in [5, 5.41) is 5.16. The first-order valence-corrected chi connectivity index (χ1v) is 7.53. The van der Waals surface area contributed by atoms with Crippen LogP contribution in [0, 0.1) is 0 Å². The molecule has 2 rings (SSSR count). The summed E-state index contributed by atoms with van der Waals surface area (Å²) in [6.45, 7) is 0.591. The van der Waals surface area contributed by atoms with Gasteiger partial charge in [0.2, 0.25) is 17.7 Å². The van der Waals surface area contributed by atoms with Crippen LogP contribution in [0.1, 0.15) is 43.6 Å². The van der Waals surface area contributed by atoms with Gasteiger partial charge in [-0.15, -0.1) is 12.4 Å². The maximum absolute atomic E-state index is 11.8. The second-order valence-electron chi connectivity index (χ2n) is 5.42. The highest BCUT2D eigenvalue weighted by Gasteiger charge is 2.27.